The highest BCUT2D eigenvalue weighted by atomic mass is 79.9. The van der Waals surface area contributed by atoms with Crippen molar-refractivity contribution in [2.75, 3.05) is 0 Å². The Kier molecular flexibility index (Phi) is 3.33. The molecule has 1 aliphatic heterocycles. The average molecular weight is 318 g/mol. The van der Waals surface area contributed by atoms with E-state index < -0.39 is 0 Å². The fraction of sp³-hybridized carbons (Fsp3) is 0.250. The first kappa shape index (κ1) is 12.7. The molecule has 2 atom stereocenters. The molecule has 1 aliphatic rings. The average Bonchev–Trinajstić information content (AvgIpc) is 2.38. The summed E-state index contributed by atoms with van der Waals surface area (Å²) in [6.07, 6.45) is 0.859. The van der Waals surface area contributed by atoms with Crippen molar-refractivity contribution in [3.63, 3.8) is 0 Å². The monoisotopic (exact) mass is 317 g/mol. The van der Waals surface area contributed by atoms with E-state index in [0.29, 0.717) is 0 Å². The van der Waals surface area contributed by atoms with E-state index >= 15 is 0 Å². The van der Waals surface area contributed by atoms with Crippen LogP contribution >= 0.6 is 15.9 Å². The van der Waals surface area contributed by atoms with Crippen molar-refractivity contribution in [3.05, 3.63) is 63.6 Å². The van der Waals surface area contributed by atoms with Gasteiger partial charge >= 0.3 is 0 Å². The lowest BCUT2D eigenvalue weighted by molar-refractivity contribution is 0.161. The van der Waals surface area contributed by atoms with Gasteiger partial charge in [0.1, 0.15) is 11.9 Å². The molecule has 0 aromatic heterocycles. The second-order valence-electron chi connectivity index (χ2n) is 4.99. The Morgan fingerprint density at radius 3 is 2.74 bits per heavy atom. The predicted molar refractivity (Wildman–Crippen MR) is 80.2 cm³/mol. The SMILES string of the molecule is Cc1ccccc1C1C[C@H](N)c2ccc(Br)cc2O1. The lowest BCUT2D eigenvalue weighted by atomic mass is 9.92. The highest BCUT2D eigenvalue weighted by Crippen LogP contribution is 2.41. The molecule has 2 N–H and O–H groups in total. The topological polar surface area (TPSA) is 35.2 Å². The van der Waals surface area contributed by atoms with Gasteiger partial charge in [-0.25, -0.2) is 0 Å². The van der Waals surface area contributed by atoms with Crippen LogP contribution in [0.2, 0.25) is 0 Å². The molecule has 0 saturated heterocycles. The number of nitrogens with two attached hydrogens (primary N) is 1. The zero-order valence-corrected chi connectivity index (χ0v) is 12.4. The fourth-order valence-corrected chi connectivity index (χ4v) is 2.95. The summed E-state index contributed by atoms with van der Waals surface area (Å²) in [5.41, 5.74) is 9.84. The first-order chi connectivity index (χ1) is 9.15. The Morgan fingerprint density at radius 1 is 1.16 bits per heavy atom. The summed E-state index contributed by atoms with van der Waals surface area (Å²) in [7, 11) is 0. The minimum Gasteiger partial charge on any atom is -0.485 e. The molecule has 1 unspecified atom stereocenters. The van der Waals surface area contributed by atoms with Crippen LogP contribution in [-0.4, -0.2) is 0 Å². The van der Waals surface area contributed by atoms with Gasteiger partial charge in [-0.05, 0) is 30.2 Å². The Labute approximate surface area is 121 Å². The molecule has 19 heavy (non-hydrogen) atoms. The third-order valence-corrected chi connectivity index (χ3v) is 4.14. The number of fused-ring (bicyclic) bond motifs is 1. The molecule has 0 amide bonds. The van der Waals surface area contributed by atoms with Crippen LogP contribution in [0.15, 0.2) is 46.9 Å². The van der Waals surface area contributed by atoms with Crippen LogP contribution in [0, 0.1) is 6.92 Å². The number of aryl methyl sites for hydroxylation is 1. The molecule has 0 aliphatic carbocycles. The number of ether oxygens (including phenoxy) is 1. The van der Waals surface area contributed by atoms with E-state index in [1.54, 1.807) is 0 Å². The highest BCUT2D eigenvalue weighted by Gasteiger charge is 2.27. The molecule has 0 radical (unpaired) electrons. The molecule has 1 heterocycles. The number of hydrogen-bond donors (Lipinski definition) is 1. The number of halogens is 1. The van der Waals surface area contributed by atoms with E-state index in [0.717, 1.165) is 22.2 Å². The molecule has 0 spiro atoms. The van der Waals surface area contributed by atoms with Crippen LogP contribution < -0.4 is 10.5 Å². The standard InChI is InChI=1S/C16H16BrNO/c1-10-4-2-3-5-12(10)16-9-14(18)13-7-6-11(17)8-15(13)19-16/h2-8,14,16H,9,18H2,1H3/t14-,16?/m0/s1. The Balaban J connectivity index is 1.99. The second kappa shape index (κ2) is 4.99. The number of benzene rings is 2. The third-order valence-electron chi connectivity index (χ3n) is 3.65. The largest absolute Gasteiger partial charge is 0.485 e. The lowest BCUT2D eigenvalue weighted by Crippen LogP contribution is -2.24. The van der Waals surface area contributed by atoms with Crippen molar-refractivity contribution in [1.29, 1.82) is 0 Å². The minimum atomic E-state index is 0.0291. The van der Waals surface area contributed by atoms with Gasteiger partial charge in [-0.15, -0.1) is 0 Å². The van der Waals surface area contributed by atoms with Crippen molar-refractivity contribution < 1.29 is 4.74 Å². The quantitative estimate of drug-likeness (QED) is 0.852. The van der Waals surface area contributed by atoms with Crippen molar-refractivity contribution >= 4 is 15.9 Å². The maximum absolute atomic E-state index is 6.28. The van der Waals surface area contributed by atoms with Crippen molar-refractivity contribution in [3.8, 4) is 5.75 Å². The Morgan fingerprint density at radius 2 is 1.95 bits per heavy atom. The molecule has 98 valence electrons. The Bertz CT molecular complexity index is 611. The summed E-state index contributed by atoms with van der Waals surface area (Å²) in [4.78, 5) is 0. The van der Waals surface area contributed by atoms with Crippen LogP contribution in [0.4, 0.5) is 0 Å². The van der Waals surface area contributed by atoms with Crippen LogP contribution in [0.25, 0.3) is 0 Å². The van der Waals surface area contributed by atoms with Gasteiger partial charge in [0, 0.05) is 22.5 Å². The molecular weight excluding hydrogens is 302 g/mol. The third kappa shape index (κ3) is 2.40. The molecule has 2 nitrogen and oxygen atoms in total. The van der Waals surface area contributed by atoms with E-state index in [2.05, 4.69) is 35.0 Å². The van der Waals surface area contributed by atoms with Crippen molar-refractivity contribution in [1.82, 2.24) is 0 Å². The van der Waals surface area contributed by atoms with E-state index in [1.807, 2.05) is 30.3 Å². The van der Waals surface area contributed by atoms with Gasteiger partial charge in [0.15, 0.2) is 0 Å². The van der Waals surface area contributed by atoms with Crippen LogP contribution in [0.1, 0.15) is 35.3 Å². The van der Waals surface area contributed by atoms with Gasteiger partial charge in [-0.1, -0.05) is 46.3 Å². The van der Waals surface area contributed by atoms with E-state index in [1.165, 1.54) is 11.1 Å². The maximum atomic E-state index is 6.28. The molecule has 2 aromatic rings. The molecule has 2 aromatic carbocycles. The Hall–Kier alpha value is -1.32. The fourth-order valence-electron chi connectivity index (χ4n) is 2.61. The number of hydrogen-bond acceptors (Lipinski definition) is 2. The first-order valence-electron chi connectivity index (χ1n) is 6.42. The second-order valence-corrected chi connectivity index (χ2v) is 5.90. The molecule has 3 rings (SSSR count). The minimum absolute atomic E-state index is 0.0291. The summed E-state index contributed by atoms with van der Waals surface area (Å²) in [5.74, 6) is 0.890. The molecule has 0 saturated carbocycles. The summed E-state index contributed by atoms with van der Waals surface area (Å²) < 4.78 is 7.16. The molecule has 3 heteroatoms. The number of rotatable bonds is 1. The van der Waals surface area contributed by atoms with E-state index in [4.69, 9.17) is 10.5 Å². The van der Waals surface area contributed by atoms with Crippen LogP contribution in [0.3, 0.4) is 0 Å². The summed E-state index contributed by atoms with van der Waals surface area (Å²) in [6, 6.07) is 14.4. The molecule has 0 fully saturated rings. The molecular formula is C16H16BrNO. The lowest BCUT2D eigenvalue weighted by Gasteiger charge is -2.31. The van der Waals surface area contributed by atoms with Crippen molar-refractivity contribution in [2.24, 2.45) is 5.73 Å². The highest BCUT2D eigenvalue weighted by molar-refractivity contribution is 9.10. The zero-order chi connectivity index (χ0) is 13.4. The van der Waals surface area contributed by atoms with Gasteiger partial charge in [-0.3, -0.25) is 0 Å². The van der Waals surface area contributed by atoms with Gasteiger partial charge in [-0.2, -0.15) is 0 Å². The van der Waals surface area contributed by atoms with Gasteiger partial charge in [0.05, 0.1) is 0 Å². The normalized spacial score (nSPS) is 21.6. The van der Waals surface area contributed by atoms with Crippen molar-refractivity contribution in [2.45, 2.75) is 25.5 Å². The van der Waals surface area contributed by atoms with E-state index in [-0.39, 0.29) is 12.1 Å². The summed E-state index contributed by atoms with van der Waals surface area (Å²) >= 11 is 3.48. The zero-order valence-electron chi connectivity index (χ0n) is 10.8. The van der Waals surface area contributed by atoms with Gasteiger partial charge in [0.2, 0.25) is 0 Å². The van der Waals surface area contributed by atoms with Crippen LogP contribution in [-0.2, 0) is 0 Å². The van der Waals surface area contributed by atoms with Crippen LogP contribution in [0.5, 0.6) is 5.75 Å². The predicted octanol–water partition coefficient (Wildman–Crippen LogP) is 4.28. The maximum Gasteiger partial charge on any atom is 0.126 e. The van der Waals surface area contributed by atoms with E-state index in [9.17, 15) is 0 Å². The van der Waals surface area contributed by atoms with Gasteiger partial charge in [0.25, 0.3) is 0 Å². The smallest absolute Gasteiger partial charge is 0.126 e. The van der Waals surface area contributed by atoms with Gasteiger partial charge < -0.3 is 10.5 Å². The first-order valence-corrected chi connectivity index (χ1v) is 7.21. The molecule has 0 bridgehead atoms. The summed E-state index contributed by atoms with van der Waals surface area (Å²) in [5, 5.41) is 0. The summed E-state index contributed by atoms with van der Waals surface area (Å²) in [6.45, 7) is 2.11.